The lowest BCUT2D eigenvalue weighted by atomic mass is 9.82. The lowest BCUT2D eigenvalue weighted by Crippen LogP contribution is -2.15. The Morgan fingerprint density at radius 2 is 0.981 bits per heavy atom. The van der Waals surface area contributed by atoms with Gasteiger partial charge in [0.15, 0.2) is 0 Å². The molecule has 1 aliphatic carbocycles. The van der Waals surface area contributed by atoms with Crippen LogP contribution < -0.4 is 0 Å². The number of para-hydroxylation sites is 1. The van der Waals surface area contributed by atoms with Crippen molar-refractivity contribution in [3.8, 4) is 27.9 Å². The zero-order valence-corrected chi connectivity index (χ0v) is 31.5. The smallest absolute Gasteiger partial charge is 0.0622 e. The van der Waals surface area contributed by atoms with Crippen molar-refractivity contribution in [3.05, 3.63) is 175 Å². The zero-order chi connectivity index (χ0) is 35.7. The van der Waals surface area contributed by atoms with Gasteiger partial charge in [0, 0.05) is 47.0 Å². The van der Waals surface area contributed by atoms with Crippen molar-refractivity contribution in [2.75, 3.05) is 0 Å². The lowest BCUT2D eigenvalue weighted by molar-refractivity contribution is 0.658. The molecule has 0 saturated carbocycles. The first-order chi connectivity index (χ1) is 26.5. The molecule has 0 N–H and O–H groups in total. The van der Waals surface area contributed by atoms with E-state index in [9.17, 15) is 0 Å². The van der Waals surface area contributed by atoms with Crippen molar-refractivity contribution in [1.29, 1.82) is 0 Å². The molecular formula is C51H33NS2. The van der Waals surface area contributed by atoms with Crippen molar-refractivity contribution in [2.45, 2.75) is 38.8 Å². The Hall–Kier alpha value is -5.74. The maximum Gasteiger partial charge on any atom is 0.0622 e. The number of fused-ring (bicyclic) bond motifs is 15. The first kappa shape index (κ1) is 30.7. The molecule has 0 bridgehead atoms. The van der Waals surface area contributed by atoms with Crippen LogP contribution >= 0.6 is 23.5 Å². The monoisotopic (exact) mass is 723 g/mol. The zero-order valence-electron chi connectivity index (χ0n) is 29.9. The van der Waals surface area contributed by atoms with Gasteiger partial charge in [0.25, 0.3) is 0 Å². The highest BCUT2D eigenvalue weighted by Crippen LogP contribution is 2.57. The number of nitrogens with zero attached hydrogens (tertiary/aromatic N) is 1. The third-order valence-electron chi connectivity index (χ3n) is 12.0. The van der Waals surface area contributed by atoms with Gasteiger partial charge in [-0.3, -0.25) is 0 Å². The van der Waals surface area contributed by atoms with E-state index in [1.165, 1.54) is 113 Å². The number of hydrogen-bond donors (Lipinski definition) is 0. The van der Waals surface area contributed by atoms with Crippen molar-refractivity contribution < 1.29 is 0 Å². The van der Waals surface area contributed by atoms with Crippen molar-refractivity contribution >= 4 is 77.6 Å². The molecule has 0 atom stereocenters. The summed E-state index contributed by atoms with van der Waals surface area (Å²) in [5.74, 6) is 0. The summed E-state index contributed by atoms with van der Waals surface area (Å²) in [5, 5.41) is 10.4. The Bertz CT molecular complexity index is 3220. The second-order valence-electron chi connectivity index (χ2n) is 15.3. The highest BCUT2D eigenvalue weighted by Gasteiger charge is 2.39. The van der Waals surface area contributed by atoms with E-state index in [0.29, 0.717) is 0 Å². The average molecular weight is 724 g/mol. The Kier molecular flexibility index (Phi) is 6.33. The predicted octanol–water partition coefficient (Wildman–Crippen LogP) is 14.8. The van der Waals surface area contributed by atoms with E-state index >= 15 is 0 Å². The minimum Gasteiger partial charge on any atom is -0.309 e. The van der Waals surface area contributed by atoms with Crippen LogP contribution in [0.15, 0.2) is 183 Å². The quantitative estimate of drug-likeness (QED) is 0.164. The van der Waals surface area contributed by atoms with Gasteiger partial charge in [-0.15, -0.1) is 0 Å². The molecule has 1 nitrogen and oxygen atoms in total. The number of aromatic nitrogens is 1. The Balaban J connectivity index is 1.09. The summed E-state index contributed by atoms with van der Waals surface area (Å²) in [6, 6.07) is 61.4. The molecule has 1 aromatic heterocycles. The number of hydrogen-bond acceptors (Lipinski definition) is 2. The van der Waals surface area contributed by atoms with E-state index in [-0.39, 0.29) is 5.41 Å². The van der Waals surface area contributed by atoms with Gasteiger partial charge in [0.1, 0.15) is 0 Å². The summed E-state index contributed by atoms with van der Waals surface area (Å²) in [5.41, 5.74) is 11.6. The van der Waals surface area contributed by atoms with Gasteiger partial charge in [-0.1, -0.05) is 153 Å². The molecule has 3 heteroatoms. The minimum absolute atomic E-state index is 0.128. The Morgan fingerprint density at radius 1 is 0.407 bits per heavy atom. The van der Waals surface area contributed by atoms with E-state index in [1.807, 2.05) is 23.5 Å². The summed E-state index contributed by atoms with van der Waals surface area (Å²) >= 11 is 3.82. The van der Waals surface area contributed by atoms with Gasteiger partial charge in [-0.25, -0.2) is 0 Å². The van der Waals surface area contributed by atoms with E-state index in [4.69, 9.17) is 0 Å². The average Bonchev–Trinajstić information content (AvgIpc) is 3.67. The highest BCUT2D eigenvalue weighted by molar-refractivity contribution is 8.05. The molecule has 2 aliphatic rings. The van der Waals surface area contributed by atoms with Gasteiger partial charge in [0.05, 0.1) is 11.0 Å². The van der Waals surface area contributed by atoms with Crippen LogP contribution in [0.5, 0.6) is 0 Å². The fourth-order valence-corrected chi connectivity index (χ4v) is 11.8. The summed E-state index contributed by atoms with van der Waals surface area (Å²) < 4.78 is 2.54. The molecule has 254 valence electrons. The van der Waals surface area contributed by atoms with Crippen LogP contribution in [0.3, 0.4) is 0 Å². The van der Waals surface area contributed by atoms with Crippen molar-refractivity contribution in [1.82, 2.24) is 4.57 Å². The largest absolute Gasteiger partial charge is 0.309 e. The van der Waals surface area contributed by atoms with E-state index in [1.54, 1.807) is 0 Å². The van der Waals surface area contributed by atoms with Gasteiger partial charge in [-0.05, 0) is 109 Å². The summed E-state index contributed by atoms with van der Waals surface area (Å²) in [6.45, 7) is 4.81. The van der Waals surface area contributed by atoms with Crippen LogP contribution in [0.2, 0.25) is 0 Å². The predicted molar refractivity (Wildman–Crippen MR) is 231 cm³/mol. The molecule has 2 heterocycles. The lowest BCUT2D eigenvalue weighted by Gasteiger charge is -2.24. The summed E-state index contributed by atoms with van der Waals surface area (Å²) in [7, 11) is 0. The number of rotatable bonds is 2. The maximum absolute atomic E-state index is 2.54. The molecule has 9 aromatic carbocycles. The SMILES string of the molecule is CC1(C)c2cc3c(cc2-c2c1ccc1c4ccccc4n(-c4cccc(-c5ccc6c7ccccc7c7ccccc7c6c5)c4)c21)Sc1ccccc1S3. The Morgan fingerprint density at radius 3 is 1.70 bits per heavy atom. The molecular weight excluding hydrogens is 691 g/mol. The molecule has 0 spiro atoms. The van der Waals surface area contributed by atoms with Gasteiger partial charge < -0.3 is 4.57 Å². The van der Waals surface area contributed by atoms with Crippen LogP contribution in [-0.2, 0) is 5.41 Å². The number of benzene rings is 9. The molecule has 0 fully saturated rings. The van der Waals surface area contributed by atoms with Crippen LogP contribution in [0, 0.1) is 0 Å². The first-order valence-corrected chi connectivity index (χ1v) is 20.3. The molecule has 0 amide bonds. The van der Waals surface area contributed by atoms with Crippen molar-refractivity contribution in [2.24, 2.45) is 0 Å². The molecule has 0 saturated heterocycles. The Labute approximate surface area is 322 Å². The maximum atomic E-state index is 2.54. The highest BCUT2D eigenvalue weighted by atomic mass is 32.2. The van der Waals surface area contributed by atoms with Crippen LogP contribution in [0.25, 0.3) is 82.1 Å². The van der Waals surface area contributed by atoms with Crippen LogP contribution in [-0.4, -0.2) is 4.57 Å². The van der Waals surface area contributed by atoms with Gasteiger partial charge in [-0.2, -0.15) is 0 Å². The molecule has 0 radical (unpaired) electrons. The third-order valence-corrected chi connectivity index (χ3v) is 14.5. The first-order valence-electron chi connectivity index (χ1n) is 18.7. The molecule has 54 heavy (non-hydrogen) atoms. The van der Waals surface area contributed by atoms with Crippen LogP contribution in [0.4, 0.5) is 0 Å². The van der Waals surface area contributed by atoms with E-state index in [2.05, 4.69) is 182 Å². The van der Waals surface area contributed by atoms with E-state index < -0.39 is 0 Å². The van der Waals surface area contributed by atoms with Crippen molar-refractivity contribution in [3.63, 3.8) is 0 Å². The minimum atomic E-state index is -0.128. The van der Waals surface area contributed by atoms with Crippen LogP contribution in [0.1, 0.15) is 25.0 Å². The molecule has 12 rings (SSSR count). The normalized spacial score (nSPS) is 14.1. The van der Waals surface area contributed by atoms with E-state index in [0.717, 1.165) is 0 Å². The molecule has 1 aliphatic heterocycles. The second kappa shape index (κ2) is 11.1. The molecule has 10 aromatic rings. The third kappa shape index (κ3) is 4.20. The summed E-state index contributed by atoms with van der Waals surface area (Å²) in [4.78, 5) is 5.39. The topological polar surface area (TPSA) is 4.93 Å². The fraction of sp³-hybridized carbons (Fsp3) is 0.0588. The standard InChI is InChI=1S/C51H33NS2/c1-51(2)42-25-24-39-38-18-7-8-19-44(38)52(50(39)49(42)41-28-47-48(29-43(41)51)54-46-21-10-9-20-45(46)53-47)32-13-11-12-30(26-32)31-22-23-37-35-16-4-3-14-33(35)34-15-5-6-17-36(34)40(37)27-31/h3-29H,1-2H3. The van der Waals surface area contributed by atoms with Gasteiger partial charge >= 0.3 is 0 Å². The summed E-state index contributed by atoms with van der Waals surface area (Å²) in [6.07, 6.45) is 0. The molecule has 0 unspecified atom stereocenters. The fourth-order valence-electron chi connectivity index (χ4n) is 9.48. The van der Waals surface area contributed by atoms with Gasteiger partial charge in [0.2, 0.25) is 0 Å². The second-order valence-corrected chi connectivity index (χ2v) is 17.4.